The summed E-state index contributed by atoms with van der Waals surface area (Å²) in [6.07, 6.45) is 19.9. The molecule has 0 aromatic heterocycles. The summed E-state index contributed by atoms with van der Waals surface area (Å²) in [4.78, 5) is 0. The molecule has 0 aromatic rings. The molecule has 0 aromatic carbocycles. The molecule has 0 saturated heterocycles. The summed E-state index contributed by atoms with van der Waals surface area (Å²) in [5, 5.41) is 0. The fraction of sp³-hybridized carbons (Fsp3) is 0.636. The first-order chi connectivity index (χ1) is 10.9. The zero-order chi connectivity index (χ0) is 16.2. The van der Waals surface area contributed by atoms with Gasteiger partial charge in [-0.1, -0.05) is 0 Å². The van der Waals surface area contributed by atoms with E-state index in [-0.39, 0.29) is 24.8 Å². The molecule has 0 nitrogen and oxygen atoms in total. The number of fused-ring (bicyclic) bond motifs is 2. The summed E-state index contributed by atoms with van der Waals surface area (Å²) in [5.74, 6) is 3.48. The second-order valence-corrected chi connectivity index (χ2v) is 14.5. The first-order valence-corrected chi connectivity index (χ1v) is 11.9. The van der Waals surface area contributed by atoms with Crippen molar-refractivity contribution in [1.82, 2.24) is 0 Å². The molecule has 2 fully saturated rings. The van der Waals surface area contributed by atoms with E-state index in [1.54, 1.807) is 0 Å². The molecule has 25 heavy (non-hydrogen) atoms. The van der Waals surface area contributed by atoms with Gasteiger partial charge >= 0.3 is 154 Å². The third-order valence-corrected chi connectivity index (χ3v) is 13.9. The van der Waals surface area contributed by atoms with E-state index in [1.807, 2.05) is 11.1 Å². The van der Waals surface area contributed by atoms with Gasteiger partial charge in [0, 0.05) is 0 Å². The van der Waals surface area contributed by atoms with Crippen molar-refractivity contribution >= 4 is 0 Å². The average molecular weight is 457 g/mol. The van der Waals surface area contributed by atoms with Gasteiger partial charge in [0.15, 0.2) is 0 Å². The van der Waals surface area contributed by atoms with E-state index >= 15 is 0 Å². The molecule has 0 N–H and O–H groups in total. The molecule has 3 heteroatoms. The third kappa shape index (κ3) is 3.36. The van der Waals surface area contributed by atoms with E-state index < -0.39 is 23.2 Å². The monoisotopic (exact) mass is 454 g/mol. The number of hydrogen-bond donors (Lipinski definition) is 0. The number of halogens is 2. The van der Waals surface area contributed by atoms with E-state index in [0.29, 0.717) is 6.25 Å². The number of rotatable bonds is 2. The molecule has 0 spiro atoms. The van der Waals surface area contributed by atoms with Crippen molar-refractivity contribution in [3.8, 4) is 0 Å². The first-order valence-electron chi connectivity index (χ1n) is 9.49. The Bertz CT molecular complexity index is 578. The molecule has 6 unspecified atom stereocenters. The molecule has 136 valence electrons. The third-order valence-electron chi connectivity index (χ3n) is 7.51. The predicted molar refractivity (Wildman–Crippen MR) is 95.0 cm³/mol. The summed E-state index contributed by atoms with van der Waals surface area (Å²) in [7, 11) is 0. The zero-order valence-electron chi connectivity index (χ0n) is 15.9. The smallest absolute Gasteiger partial charge is 1.00 e. The van der Waals surface area contributed by atoms with Crippen LogP contribution < -0.4 is 24.8 Å². The quantitative estimate of drug-likeness (QED) is 0.569. The van der Waals surface area contributed by atoms with Crippen LogP contribution in [0, 0.1) is 23.7 Å². The molecule has 4 rings (SSSR count). The maximum absolute atomic E-state index is 2.65. The van der Waals surface area contributed by atoms with Crippen molar-refractivity contribution in [3.05, 3.63) is 47.6 Å². The van der Waals surface area contributed by atoms with Crippen LogP contribution >= 0.6 is 0 Å². The van der Waals surface area contributed by atoms with Crippen molar-refractivity contribution in [2.24, 2.45) is 23.7 Å². The molecular formula is C22H30Cl2Zr. The zero-order valence-corrected chi connectivity index (χ0v) is 19.8. The Morgan fingerprint density at radius 2 is 1.20 bits per heavy atom. The van der Waals surface area contributed by atoms with Crippen molar-refractivity contribution in [2.75, 3.05) is 0 Å². The molecule has 0 radical (unpaired) electrons. The summed E-state index contributed by atoms with van der Waals surface area (Å²) in [6.45, 7) is 10.4. The van der Waals surface area contributed by atoms with Gasteiger partial charge in [0.25, 0.3) is 0 Å². The van der Waals surface area contributed by atoms with Crippen LogP contribution in [0.3, 0.4) is 0 Å². The van der Waals surface area contributed by atoms with Crippen LogP contribution in [-0.2, 0) is 23.2 Å². The van der Waals surface area contributed by atoms with Crippen LogP contribution in [0.15, 0.2) is 47.6 Å². The van der Waals surface area contributed by atoms with Gasteiger partial charge in [0.2, 0.25) is 0 Å². The molecule has 0 heterocycles. The Balaban J connectivity index is 0.00000113. The fourth-order valence-electron chi connectivity index (χ4n) is 5.82. The minimum atomic E-state index is -0.618. The standard InChI is InChI=1S/2C11H15.2ClH.Zr/c2*1-8-7-10-5-3-4-6-11(10)9(8)2;;;/h2*3-4,6,8,10H,5,7H2,1-2H3;2*1H;/q;;;;+2/p-2. The Kier molecular flexibility index (Phi) is 6.78. The minimum absolute atomic E-state index is 0. The van der Waals surface area contributed by atoms with Gasteiger partial charge in [-0.3, -0.25) is 0 Å². The van der Waals surface area contributed by atoms with Crippen molar-refractivity contribution < 1.29 is 48.0 Å². The van der Waals surface area contributed by atoms with E-state index in [4.69, 9.17) is 0 Å². The summed E-state index contributed by atoms with van der Waals surface area (Å²) < 4.78 is 1.11. The summed E-state index contributed by atoms with van der Waals surface area (Å²) in [6, 6.07) is 0. The van der Waals surface area contributed by atoms with Gasteiger partial charge in [0.1, 0.15) is 0 Å². The SMILES string of the molecule is CC1CC2CC=CC=C2[C]1(C)[Zr+2][C]1(C)C2=CC=CCC2CC1C.[Cl-].[Cl-]. The van der Waals surface area contributed by atoms with Crippen molar-refractivity contribution in [3.63, 3.8) is 0 Å². The molecule has 0 amide bonds. The van der Waals surface area contributed by atoms with Gasteiger partial charge in [-0.25, -0.2) is 0 Å². The van der Waals surface area contributed by atoms with Gasteiger partial charge in [-0.2, -0.15) is 0 Å². The van der Waals surface area contributed by atoms with Crippen LogP contribution in [0.4, 0.5) is 0 Å². The van der Waals surface area contributed by atoms with E-state index in [2.05, 4.69) is 64.2 Å². The fourth-order valence-corrected chi connectivity index (χ4v) is 12.4. The minimum Gasteiger partial charge on any atom is -1.00 e. The van der Waals surface area contributed by atoms with Crippen LogP contribution in [0.25, 0.3) is 0 Å². The average Bonchev–Trinajstić information content (AvgIpc) is 2.93. The van der Waals surface area contributed by atoms with Crippen molar-refractivity contribution in [2.45, 2.75) is 59.6 Å². The second kappa shape index (κ2) is 7.81. The normalized spacial score (nSPS) is 43.8. The maximum Gasteiger partial charge on any atom is -1.00 e. The van der Waals surface area contributed by atoms with Crippen LogP contribution in [0.5, 0.6) is 0 Å². The van der Waals surface area contributed by atoms with E-state index in [0.717, 1.165) is 23.7 Å². The molecule has 4 aliphatic rings. The second-order valence-electron chi connectivity index (χ2n) is 8.77. The number of hydrogen-bond acceptors (Lipinski definition) is 0. The topological polar surface area (TPSA) is 0 Å². The van der Waals surface area contributed by atoms with E-state index in [9.17, 15) is 0 Å². The Morgan fingerprint density at radius 1 is 0.800 bits per heavy atom. The van der Waals surface area contributed by atoms with Crippen LogP contribution in [0.1, 0.15) is 53.4 Å². The molecule has 2 saturated carbocycles. The molecular weight excluding hydrogens is 426 g/mol. The molecule has 0 aliphatic heterocycles. The van der Waals surface area contributed by atoms with Crippen LogP contribution in [0.2, 0.25) is 6.25 Å². The van der Waals surface area contributed by atoms with Gasteiger partial charge in [0.05, 0.1) is 0 Å². The molecule has 6 atom stereocenters. The van der Waals surface area contributed by atoms with Gasteiger partial charge < -0.3 is 24.8 Å². The summed E-state index contributed by atoms with van der Waals surface area (Å²) in [5.41, 5.74) is 3.67. The molecule has 0 bridgehead atoms. The first kappa shape index (κ1) is 21.7. The maximum atomic E-state index is 2.65. The predicted octanol–water partition coefficient (Wildman–Crippen LogP) is 0.519. The van der Waals surface area contributed by atoms with Gasteiger partial charge in [-0.05, 0) is 0 Å². The number of allylic oxidation sites excluding steroid dienone is 8. The van der Waals surface area contributed by atoms with Gasteiger partial charge in [-0.15, -0.1) is 0 Å². The van der Waals surface area contributed by atoms with E-state index in [1.165, 1.54) is 25.7 Å². The summed E-state index contributed by atoms with van der Waals surface area (Å²) >= 11 is -0.618. The van der Waals surface area contributed by atoms with Crippen molar-refractivity contribution in [1.29, 1.82) is 0 Å². The molecule has 4 aliphatic carbocycles. The van der Waals surface area contributed by atoms with Crippen LogP contribution in [-0.4, -0.2) is 0 Å². The Labute approximate surface area is 178 Å². The largest absolute Gasteiger partial charge is 1.00 e. The Hall–Kier alpha value is 0.423. The Morgan fingerprint density at radius 3 is 1.60 bits per heavy atom.